The number of para-hydroxylation sites is 1. The zero-order valence-electron chi connectivity index (χ0n) is 19.6. The molecule has 2 rings (SSSR count). The fourth-order valence-corrected chi connectivity index (χ4v) is 3.62. The van der Waals surface area contributed by atoms with Crippen LogP contribution in [0.3, 0.4) is 0 Å². The number of hydrogen-bond donors (Lipinski definition) is 7. The van der Waals surface area contributed by atoms with Gasteiger partial charge in [-0.1, -0.05) is 38.5 Å². The molecule has 1 aromatic carbocycles. The van der Waals surface area contributed by atoms with Gasteiger partial charge >= 0.3 is 5.97 Å². The van der Waals surface area contributed by atoms with E-state index in [9.17, 15) is 19.5 Å². The number of nitrogens with one attached hydrogen (secondary N) is 3. The van der Waals surface area contributed by atoms with Crippen LogP contribution in [0.4, 0.5) is 0 Å². The summed E-state index contributed by atoms with van der Waals surface area (Å²) in [7, 11) is 0. The number of aromatic amines is 1. The lowest BCUT2D eigenvalue weighted by Gasteiger charge is -2.25. The molecule has 10 N–H and O–H groups in total. The van der Waals surface area contributed by atoms with Gasteiger partial charge in [0.25, 0.3) is 0 Å². The fourth-order valence-electron chi connectivity index (χ4n) is 3.62. The second-order valence-electron chi connectivity index (χ2n) is 8.39. The molecule has 1 heterocycles. The third-order valence-corrected chi connectivity index (χ3v) is 5.81. The Morgan fingerprint density at radius 3 is 2.50 bits per heavy atom. The van der Waals surface area contributed by atoms with Crippen LogP contribution in [0, 0.1) is 5.92 Å². The molecule has 4 atom stereocenters. The average molecular weight is 474 g/mol. The number of aliphatic imine (C=N–C) groups is 1. The maximum Gasteiger partial charge on any atom is 0.326 e. The first-order valence-electron chi connectivity index (χ1n) is 11.3. The van der Waals surface area contributed by atoms with Crippen LogP contribution in [0.25, 0.3) is 10.9 Å². The Morgan fingerprint density at radius 2 is 1.85 bits per heavy atom. The van der Waals surface area contributed by atoms with Gasteiger partial charge in [0.15, 0.2) is 5.96 Å². The van der Waals surface area contributed by atoms with Gasteiger partial charge in [-0.15, -0.1) is 0 Å². The number of H-pyrrole nitrogens is 1. The van der Waals surface area contributed by atoms with Crippen LogP contribution < -0.4 is 27.8 Å². The highest BCUT2D eigenvalue weighted by molar-refractivity contribution is 5.92. The molecule has 0 bridgehead atoms. The molecule has 0 saturated heterocycles. The number of rotatable bonds is 13. The molecule has 2 aromatic rings. The number of aliphatic carboxylic acids is 1. The van der Waals surface area contributed by atoms with Crippen molar-refractivity contribution in [2.75, 3.05) is 6.54 Å². The molecule has 11 nitrogen and oxygen atoms in total. The van der Waals surface area contributed by atoms with Gasteiger partial charge in [0, 0.05) is 23.6 Å². The molecule has 0 unspecified atom stereocenters. The minimum Gasteiger partial charge on any atom is -0.480 e. The van der Waals surface area contributed by atoms with Crippen LogP contribution >= 0.6 is 0 Å². The van der Waals surface area contributed by atoms with Gasteiger partial charge in [-0.3, -0.25) is 14.6 Å². The predicted octanol–water partition coefficient (Wildman–Crippen LogP) is 0.192. The standard InChI is InChI=1S/C23H35N7O4/c1-3-13(2)19(22(33)34)30-21(32)18(9-6-10-27-23(25)26)29-20(31)16(24)11-14-12-28-17-8-5-4-7-15(14)17/h4-5,7-8,12-13,16,18-19,28H,3,6,9-11,24H2,1-2H3,(H,29,31)(H,30,32)(H,33,34)(H4,25,26,27)/t13-,16-,18-,19-/m0/s1. The van der Waals surface area contributed by atoms with Crippen molar-refractivity contribution in [2.45, 2.75) is 57.7 Å². The number of nitrogens with two attached hydrogens (primary N) is 3. The van der Waals surface area contributed by atoms with E-state index in [4.69, 9.17) is 17.2 Å². The van der Waals surface area contributed by atoms with E-state index in [1.165, 1.54) is 0 Å². The van der Waals surface area contributed by atoms with Crippen molar-refractivity contribution in [2.24, 2.45) is 28.1 Å². The average Bonchev–Trinajstić information content (AvgIpc) is 3.20. The van der Waals surface area contributed by atoms with E-state index in [0.29, 0.717) is 12.8 Å². The van der Waals surface area contributed by atoms with Crippen molar-refractivity contribution in [1.82, 2.24) is 15.6 Å². The minimum atomic E-state index is -1.13. The topological polar surface area (TPSA) is 202 Å². The zero-order valence-corrected chi connectivity index (χ0v) is 19.6. The lowest BCUT2D eigenvalue weighted by molar-refractivity contribution is -0.143. The number of hydrogen-bond acceptors (Lipinski definition) is 5. The molecule has 0 aliphatic rings. The van der Waals surface area contributed by atoms with E-state index in [2.05, 4.69) is 20.6 Å². The molecule has 0 aliphatic carbocycles. The number of guanidine groups is 1. The summed E-state index contributed by atoms with van der Waals surface area (Å²) < 4.78 is 0. The number of carboxylic acid groups (broad SMARTS) is 1. The van der Waals surface area contributed by atoms with Crippen LogP contribution in [-0.4, -0.2) is 58.5 Å². The van der Waals surface area contributed by atoms with E-state index in [0.717, 1.165) is 16.5 Å². The van der Waals surface area contributed by atoms with Gasteiger partial charge in [0.2, 0.25) is 11.8 Å². The van der Waals surface area contributed by atoms with Gasteiger partial charge in [-0.25, -0.2) is 4.79 Å². The molecule has 0 aliphatic heterocycles. The van der Waals surface area contributed by atoms with Crippen LogP contribution in [0.2, 0.25) is 0 Å². The zero-order chi connectivity index (χ0) is 25.3. The Hall–Kier alpha value is -3.60. The van der Waals surface area contributed by atoms with Gasteiger partial charge in [0.05, 0.1) is 6.04 Å². The third kappa shape index (κ3) is 7.48. The van der Waals surface area contributed by atoms with Crippen molar-refractivity contribution < 1.29 is 19.5 Å². The number of benzene rings is 1. The predicted molar refractivity (Wildman–Crippen MR) is 131 cm³/mol. The van der Waals surface area contributed by atoms with Crippen LogP contribution in [-0.2, 0) is 20.8 Å². The van der Waals surface area contributed by atoms with Crippen molar-refractivity contribution in [3.05, 3.63) is 36.0 Å². The smallest absolute Gasteiger partial charge is 0.326 e. The number of nitrogens with zero attached hydrogens (tertiary/aromatic N) is 1. The van der Waals surface area contributed by atoms with Crippen molar-refractivity contribution in [3.63, 3.8) is 0 Å². The highest BCUT2D eigenvalue weighted by Gasteiger charge is 2.30. The summed E-state index contributed by atoms with van der Waals surface area (Å²) in [5.74, 6) is -2.60. The number of carboxylic acids is 1. The number of amides is 2. The van der Waals surface area contributed by atoms with Crippen molar-refractivity contribution in [3.8, 4) is 0 Å². The lowest BCUT2D eigenvalue weighted by Crippen LogP contribution is -2.55. The van der Waals surface area contributed by atoms with Crippen molar-refractivity contribution in [1.29, 1.82) is 0 Å². The Bertz CT molecular complexity index is 1020. The van der Waals surface area contributed by atoms with Crippen molar-refractivity contribution >= 4 is 34.6 Å². The largest absolute Gasteiger partial charge is 0.480 e. The number of fused-ring (bicyclic) bond motifs is 1. The van der Waals surface area contributed by atoms with E-state index in [1.807, 2.05) is 31.2 Å². The molecule has 0 saturated carbocycles. The first kappa shape index (κ1) is 26.7. The molecule has 0 radical (unpaired) electrons. The molecule has 2 amide bonds. The monoisotopic (exact) mass is 473 g/mol. The first-order valence-corrected chi connectivity index (χ1v) is 11.3. The Kier molecular flexibility index (Phi) is 9.87. The highest BCUT2D eigenvalue weighted by Crippen LogP contribution is 2.19. The quantitative estimate of drug-likeness (QED) is 0.122. The van der Waals surface area contributed by atoms with Gasteiger partial charge in [-0.2, -0.15) is 0 Å². The van der Waals surface area contributed by atoms with Gasteiger partial charge in [-0.05, 0) is 36.8 Å². The second kappa shape index (κ2) is 12.6. The Labute approximate surface area is 198 Å². The summed E-state index contributed by atoms with van der Waals surface area (Å²) in [6, 6.07) is 4.71. The summed E-state index contributed by atoms with van der Waals surface area (Å²) >= 11 is 0. The Morgan fingerprint density at radius 1 is 1.15 bits per heavy atom. The van der Waals surface area contributed by atoms with Crippen LogP contribution in [0.1, 0.15) is 38.7 Å². The molecular formula is C23H35N7O4. The summed E-state index contributed by atoms with van der Waals surface area (Å²) in [4.78, 5) is 44.5. The first-order chi connectivity index (χ1) is 16.1. The maximum absolute atomic E-state index is 12.9. The Balaban J connectivity index is 2.10. The maximum atomic E-state index is 12.9. The molecule has 186 valence electrons. The SMILES string of the molecule is CC[C@H](C)[C@H](NC(=O)[C@H](CCCN=C(N)N)NC(=O)[C@@H](N)Cc1c[nH]c2ccccc12)C(=O)O. The molecule has 11 heteroatoms. The highest BCUT2D eigenvalue weighted by atomic mass is 16.4. The molecule has 0 spiro atoms. The van der Waals surface area contributed by atoms with Crippen LogP contribution in [0.5, 0.6) is 0 Å². The fraction of sp³-hybridized carbons (Fsp3) is 0.478. The van der Waals surface area contributed by atoms with E-state index in [1.54, 1.807) is 13.1 Å². The van der Waals surface area contributed by atoms with E-state index < -0.39 is 35.9 Å². The summed E-state index contributed by atoms with van der Waals surface area (Å²) in [6.07, 6.45) is 3.24. The lowest BCUT2D eigenvalue weighted by atomic mass is 9.98. The summed E-state index contributed by atoms with van der Waals surface area (Å²) in [6.45, 7) is 3.84. The molecule has 1 aromatic heterocycles. The molecular weight excluding hydrogens is 438 g/mol. The number of carbonyl (C=O) groups excluding carboxylic acids is 2. The van der Waals surface area contributed by atoms with E-state index in [-0.39, 0.29) is 31.3 Å². The third-order valence-electron chi connectivity index (χ3n) is 5.81. The van der Waals surface area contributed by atoms with Gasteiger partial charge < -0.3 is 37.9 Å². The molecule has 0 fully saturated rings. The summed E-state index contributed by atoms with van der Waals surface area (Å²) in [5.41, 5.74) is 18.6. The normalized spacial score (nSPS) is 14.6. The number of carbonyl (C=O) groups is 3. The summed E-state index contributed by atoms with van der Waals surface area (Å²) in [5, 5.41) is 15.7. The van der Waals surface area contributed by atoms with Crippen LogP contribution in [0.15, 0.2) is 35.5 Å². The van der Waals surface area contributed by atoms with E-state index >= 15 is 0 Å². The minimum absolute atomic E-state index is 0.0755. The number of aromatic nitrogens is 1. The second-order valence-corrected chi connectivity index (χ2v) is 8.39. The van der Waals surface area contributed by atoms with Gasteiger partial charge in [0.1, 0.15) is 12.1 Å². The molecule has 34 heavy (non-hydrogen) atoms.